The van der Waals surface area contributed by atoms with Gasteiger partial charge >= 0.3 is 0 Å². The lowest BCUT2D eigenvalue weighted by atomic mass is 10.1. The Balaban J connectivity index is 1.19. The topological polar surface area (TPSA) is 0 Å². The monoisotopic (exact) mass is 618 g/mol. The van der Waals surface area contributed by atoms with Gasteiger partial charge in [0.25, 0.3) is 0 Å². The van der Waals surface area contributed by atoms with Crippen LogP contribution in [-0.2, 0) is 0 Å². The first-order valence-corrected chi connectivity index (χ1v) is 17.9. The number of hydrogen-bond donors (Lipinski definition) is 0. The predicted molar refractivity (Wildman–Crippen MR) is 181 cm³/mol. The molecular formula is C28H26S8. The molecule has 0 spiro atoms. The standard InChI is InChI=1S/C28H26S8/c1-15-16(2)30-25(29-15)27-33-19(5)23(35-27)13-11-21-7-9-22(10-8-21)12-14-24-20(6)34-28(36-24)26-31-17(3)18(4)32-26/h7-14H,1-6H3/b13-11+,14-12+. The molecule has 4 aliphatic heterocycles. The molecule has 0 fully saturated rings. The van der Waals surface area contributed by atoms with Crippen molar-refractivity contribution in [1.82, 2.24) is 0 Å². The Morgan fingerprint density at radius 1 is 0.361 bits per heavy atom. The average Bonchev–Trinajstić information content (AvgIpc) is 3.59. The van der Waals surface area contributed by atoms with Crippen LogP contribution in [0.3, 0.4) is 0 Å². The van der Waals surface area contributed by atoms with Crippen LogP contribution in [0.1, 0.15) is 52.7 Å². The molecule has 5 rings (SSSR count). The highest BCUT2D eigenvalue weighted by Crippen LogP contribution is 2.61. The van der Waals surface area contributed by atoms with Crippen LogP contribution >= 0.6 is 94.1 Å². The molecule has 0 amide bonds. The Labute approximate surface area is 249 Å². The van der Waals surface area contributed by atoms with Crippen LogP contribution in [0.5, 0.6) is 0 Å². The molecule has 0 radical (unpaired) electrons. The fraction of sp³-hybridized carbons (Fsp3) is 0.214. The molecule has 0 aliphatic carbocycles. The van der Waals surface area contributed by atoms with Crippen LogP contribution in [0, 0.1) is 0 Å². The molecule has 1 aromatic rings. The SMILES string of the molecule is CC1=C(C)SC(=C2SC(C)=C(/C=C/c3ccc(/C=C/C4=C(C)SC(=C5SC(C)=C(C)S5)S4)cc3)S2)S1. The van der Waals surface area contributed by atoms with Crippen molar-refractivity contribution in [2.75, 3.05) is 0 Å². The smallest absolute Gasteiger partial charge is 0.0703 e. The molecule has 0 nitrogen and oxygen atoms in total. The van der Waals surface area contributed by atoms with Crippen molar-refractivity contribution in [3.8, 4) is 0 Å². The molecule has 0 saturated heterocycles. The second kappa shape index (κ2) is 12.0. The Morgan fingerprint density at radius 3 is 0.972 bits per heavy atom. The minimum atomic E-state index is 1.24. The molecule has 36 heavy (non-hydrogen) atoms. The van der Waals surface area contributed by atoms with Crippen molar-refractivity contribution in [3.63, 3.8) is 0 Å². The molecule has 4 aliphatic rings. The summed E-state index contributed by atoms with van der Waals surface area (Å²) in [6.45, 7) is 13.3. The van der Waals surface area contributed by atoms with E-state index in [2.05, 4.69) is 90.1 Å². The predicted octanol–water partition coefficient (Wildman–Crippen LogP) is 12.9. The van der Waals surface area contributed by atoms with Gasteiger partial charge in [0.05, 0.1) is 16.9 Å². The summed E-state index contributed by atoms with van der Waals surface area (Å²) in [6.07, 6.45) is 9.02. The van der Waals surface area contributed by atoms with Crippen molar-refractivity contribution in [2.45, 2.75) is 41.5 Å². The molecule has 8 heteroatoms. The van der Waals surface area contributed by atoms with Gasteiger partial charge in [0, 0.05) is 19.6 Å². The first kappa shape index (κ1) is 27.5. The maximum atomic E-state index is 2.27. The van der Waals surface area contributed by atoms with E-state index >= 15 is 0 Å². The number of benzene rings is 1. The van der Waals surface area contributed by atoms with Crippen LogP contribution < -0.4 is 0 Å². The number of allylic oxidation sites excluding steroid dienone is 8. The van der Waals surface area contributed by atoms with E-state index in [9.17, 15) is 0 Å². The van der Waals surface area contributed by atoms with E-state index in [0.717, 1.165) is 0 Å². The lowest BCUT2D eigenvalue weighted by molar-refractivity contribution is 1.57. The van der Waals surface area contributed by atoms with E-state index in [1.165, 1.54) is 67.3 Å². The van der Waals surface area contributed by atoms with Gasteiger partial charge in [-0.05, 0) is 84.4 Å². The second-order valence-corrected chi connectivity index (χ2v) is 18.9. The molecule has 4 heterocycles. The first-order chi connectivity index (χ1) is 17.3. The average molecular weight is 619 g/mol. The van der Waals surface area contributed by atoms with Gasteiger partial charge in [-0.1, -0.05) is 131 Å². The zero-order chi connectivity index (χ0) is 25.4. The zero-order valence-corrected chi connectivity index (χ0v) is 27.4. The fourth-order valence-corrected chi connectivity index (χ4v) is 14.0. The summed E-state index contributed by atoms with van der Waals surface area (Å²) in [6, 6.07) is 8.86. The van der Waals surface area contributed by atoms with Crippen molar-refractivity contribution >= 4 is 106 Å². The quantitative estimate of drug-likeness (QED) is 0.323. The van der Waals surface area contributed by atoms with Gasteiger partial charge in [-0.2, -0.15) is 0 Å². The molecule has 0 bridgehead atoms. The number of hydrogen-bond acceptors (Lipinski definition) is 8. The van der Waals surface area contributed by atoms with E-state index in [0.29, 0.717) is 0 Å². The highest BCUT2D eigenvalue weighted by Gasteiger charge is 2.26. The van der Waals surface area contributed by atoms with Gasteiger partial charge in [-0.3, -0.25) is 0 Å². The summed E-state index contributed by atoms with van der Waals surface area (Å²) in [5.74, 6) is 0. The van der Waals surface area contributed by atoms with E-state index in [1.807, 2.05) is 94.1 Å². The summed E-state index contributed by atoms with van der Waals surface area (Å²) in [4.78, 5) is 11.2. The summed E-state index contributed by atoms with van der Waals surface area (Å²) >= 11 is 15.3. The van der Waals surface area contributed by atoms with Gasteiger partial charge < -0.3 is 0 Å². The summed E-state index contributed by atoms with van der Waals surface area (Å²) in [5.41, 5.74) is 2.47. The summed E-state index contributed by atoms with van der Waals surface area (Å²) in [7, 11) is 0. The Hall–Kier alpha value is -0.0600. The molecule has 0 saturated carbocycles. The second-order valence-electron chi connectivity index (χ2n) is 8.37. The normalized spacial score (nSPS) is 21.5. The highest BCUT2D eigenvalue weighted by atomic mass is 32.2. The van der Waals surface area contributed by atoms with E-state index in [1.54, 1.807) is 0 Å². The van der Waals surface area contributed by atoms with Crippen LogP contribution in [0.2, 0.25) is 0 Å². The Morgan fingerprint density at radius 2 is 0.639 bits per heavy atom. The largest absolute Gasteiger partial charge is 0.0849 e. The molecule has 0 unspecified atom stereocenters. The van der Waals surface area contributed by atoms with Gasteiger partial charge in [-0.25, -0.2) is 0 Å². The van der Waals surface area contributed by atoms with Crippen molar-refractivity contribution < 1.29 is 0 Å². The minimum Gasteiger partial charge on any atom is -0.0849 e. The maximum Gasteiger partial charge on any atom is 0.0703 e. The fourth-order valence-electron chi connectivity index (χ4n) is 3.35. The molecular weight excluding hydrogens is 593 g/mol. The zero-order valence-electron chi connectivity index (χ0n) is 20.9. The number of thioether (sulfide) groups is 8. The Kier molecular flexibility index (Phi) is 9.16. The molecule has 186 valence electrons. The van der Waals surface area contributed by atoms with Crippen LogP contribution in [-0.4, -0.2) is 0 Å². The summed E-state index contributed by atoms with van der Waals surface area (Å²) in [5, 5.41) is 0. The third-order valence-electron chi connectivity index (χ3n) is 5.69. The molecule has 0 N–H and O–H groups in total. The highest BCUT2D eigenvalue weighted by molar-refractivity contribution is 8.35. The van der Waals surface area contributed by atoms with Crippen molar-refractivity contribution in [2.24, 2.45) is 0 Å². The van der Waals surface area contributed by atoms with E-state index < -0.39 is 0 Å². The summed E-state index contributed by atoms with van der Waals surface area (Å²) < 4.78 is 5.73. The van der Waals surface area contributed by atoms with Gasteiger partial charge in [0.1, 0.15) is 0 Å². The van der Waals surface area contributed by atoms with Gasteiger partial charge in [0.15, 0.2) is 0 Å². The third-order valence-corrected chi connectivity index (χ3v) is 17.2. The lowest BCUT2D eigenvalue weighted by Gasteiger charge is -2.01. The van der Waals surface area contributed by atoms with E-state index in [4.69, 9.17) is 0 Å². The lowest BCUT2D eigenvalue weighted by Crippen LogP contribution is -1.76. The molecule has 1 aromatic carbocycles. The third kappa shape index (κ3) is 6.39. The van der Waals surface area contributed by atoms with Crippen LogP contribution in [0.4, 0.5) is 0 Å². The molecule has 0 atom stereocenters. The molecule has 0 aromatic heterocycles. The van der Waals surface area contributed by atoms with Crippen molar-refractivity contribution in [1.29, 1.82) is 0 Å². The van der Waals surface area contributed by atoms with Crippen LogP contribution in [0.25, 0.3) is 12.2 Å². The van der Waals surface area contributed by atoms with E-state index in [-0.39, 0.29) is 0 Å². The van der Waals surface area contributed by atoms with Gasteiger partial charge in [-0.15, -0.1) is 0 Å². The minimum absolute atomic E-state index is 1.24. The maximum absolute atomic E-state index is 2.27. The Bertz CT molecular complexity index is 1220. The van der Waals surface area contributed by atoms with Crippen molar-refractivity contribution in [3.05, 3.63) is 104 Å². The van der Waals surface area contributed by atoms with Gasteiger partial charge in [0.2, 0.25) is 0 Å². The number of rotatable bonds is 4. The van der Waals surface area contributed by atoms with Crippen LogP contribution in [0.15, 0.2) is 92.6 Å². The first-order valence-electron chi connectivity index (χ1n) is 11.4.